The highest BCUT2D eigenvalue weighted by Crippen LogP contribution is 2.25. The molecule has 1 saturated heterocycles. The Hall–Kier alpha value is -1.42. The van der Waals surface area contributed by atoms with Crippen molar-refractivity contribution in [2.24, 2.45) is 5.92 Å². The van der Waals surface area contributed by atoms with Crippen molar-refractivity contribution in [3.63, 3.8) is 0 Å². The molecule has 1 aromatic carbocycles. The van der Waals surface area contributed by atoms with Crippen LogP contribution in [0, 0.1) is 11.7 Å². The molecule has 1 heterocycles. The molecule has 0 aromatic heterocycles. The Balaban J connectivity index is 2.12. The summed E-state index contributed by atoms with van der Waals surface area (Å²) in [6.07, 6.45) is 0.763. The first kappa shape index (κ1) is 13.0. The van der Waals surface area contributed by atoms with Crippen LogP contribution >= 0.6 is 0 Å². The average molecular weight is 252 g/mol. The van der Waals surface area contributed by atoms with E-state index in [4.69, 9.17) is 9.47 Å². The number of benzene rings is 1. The molecule has 0 saturated carbocycles. The molecular weight excluding hydrogens is 235 g/mol. The van der Waals surface area contributed by atoms with Crippen LogP contribution in [0.2, 0.25) is 0 Å². The molecule has 1 aromatic rings. The fourth-order valence-electron chi connectivity index (χ4n) is 2.32. The normalized spacial score (nSPS) is 23.1. The monoisotopic (exact) mass is 252 g/mol. The van der Waals surface area contributed by atoms with Gasteiger partial charge in [0.15, 0.2) is 11.6 Å². The first-order chi connectivity index (χ1) is 8.63. The summed E-state index contributed by atoms with van der Waals surface area (Å²) >= 11 is 0. The third kappa shape index (κ3) is 2.53. The van der Waals surface area contributed by atoms with Gasteiger partial charge in [0, 0.05) is 18.9 Å². The molecule has 18 heavy (non-hydrogen) atoms. The molecule has 0 aliphatic carbocycles. The number of hydrogen-bond acceptors (Lipinski definition) is 3. The van der Waals surface area contributed by atoms with Gasteiger partial charge in [-0.25, -0.2) is 4.39 Å². The predicted molar refractivity (Wildman–Crippen MR) is 65.2 cm³/mol. The van der Waals surface area contributed by atoms with Crippen molar-refractivity contribution >= 4 is 5.78 Å². The van der Waals surface area contributed by atoms with Crippen LogP contribution in [-0.2, 0) is 16.0 Å². The van der Waals surface area contributed by atoms with E-state index in [1.807, 2.05) is 6.92 Å². The van der Waals surface area contributed by atoms with Crippen molar-refractivity contribution in [1.29, 1.82) is 0 Å². The molecule has 1 aliphatic heterocycles. The van der Waals surface area contributed by atoms with Crippen LogP contribution in [0.25, 0.3) is 0 Å². The summed E-state index contributed by atoms with van der Waals surface area (Å²) in [7, 11) is 1.41. The van der Waals surface area contributed by atoms with Crippen molar-refractivity contribution in [1.82, 2.24) is 0 Å². The van der Waals surface area contributed by atoms with Gasteiger partial charge < -0.3 is 9.47 Å². The molecular formula is C14H17FO3. The summed E-state index contributed by atoms with van der Waals surface area (Å²) < 4.78 is 24.2. The molecule has 1 aliphatic rings. The van der Waals surface area contributed by atoms with Gasteiger partial charge in [-0.3, -0.25) is 4.79 Å². The molecule has 1 fully saturated rings. The first-order valence-electron chi connectivity index (χ1n) is 6.09. The molecule has 2 atom stereocenters. The minimum atomic E-state index is -0.445. The predicted octanol–water partition coefficient (Wildman–Crippen LogP) is 2.37. The third-order valence-corrected chi connectivity index (χ3v) is 3.42. The van der Waals surface area contributed by atoms with Crippen LogP contribution in [-0.4, -0.2) is 25.6 Å². The van der Waals surface area contributed by atoms with E-state index in [1.54, 1.807) is 18.2 Å². The van der Waals surface area contributed by atoms with E-state index in [9.17, 15) is 9.18 Å². The maximum atomic E-state index is 13.9. The van der Waals surface area contributed by atoms with Crippen molar-refractivity contribution < 1.29 is 18.7 Å². The lowest BCUT2D eigenvalue weighted by molar-refractivity contribution is -0.123. The van der Waals surface area contributed by atoms with E-state index in [0.717, 1.165) is 6.42 Å². The minimum Gasteiger partial charge on any atom is -0.494 e. The molecule has 4 heteroatoms. The second-order valence-electron chi connectivity index (χ2n) is 4.55. The standard InChI is InChI=1S/C14H17FO3/c1-9-11(6-7-18-9)12(16)8-10-4-3-5-13(17-2)14(10)15/h3-5,9,11H,6-8H2,1-2H3. The smallest absolute Gasteiger partial charge is 0.168 e. The van der Waals surface area contributed by atoms with Crippen molar-refractivity contribution in [3.8, 4) is 5.75 Å². The lowest BCUT2D eigenvalue weighted by atomic mass is 9.92. The van der Waals surface area contributed by atoms with Gasteiger partial charge in [-0.15, -0.1) is 0 Å². The number of methoxy groups -OCH3 is 1. The van der Waals surface area contributed by atoms with E-state index in [0.29, 0.717) is 12.2 Å². The van der Waals surface area contributed by atoms with Gasteiger partial charge in [-0.2, -0.15) is 0 Å². The zero-order valence-corrected chi connectivity index (χ0v) is 10.6. The van der Waals surface area contributed by atoms with Crippen LogP contribution in [0.1, 0.15) is 18.9 Å². The Morgan fingerprint density at radius 2 is 2.33 bits per heavy atom. The fourth-order valence-corrected chi connectivity index (χ4v) is 2.32. The molecule has 3 nitrogen and oxygen atoms in total. The Kier molecular flexibility index (Phi) is 3.97. The molecule has 0 spiro atoms. The number of carbonyl (C=O) groups excluding carboxylic acids is 1. The lowest BCUT2D eigenvalue weighted by Crippen LogP contribution is -2.23. The average Bonchev–Trinajstić information content (AvgIpc) is 2.78. The number of halogens is 1. The number of carbonyl (C=O) groups is 1. The molecule has 0 amide bonds. The van der Waals surface area contributed by atoms with Gasteiger partial charge in [-0.1, -0.05) is 12.1 Å². The maximum Gasteiger partial charge on any atom is 0.168 e. The molecule has 0 bridgehead atoms. The van der Waals surface area contributed by atoms with Gasteiger partial charge in [-0.05, 0) is 25.0 Å². The number of Topliss-reactive ketones (excluding diaryl/α,β-unsaturated/α-hetero) is 1. The van der Waals surface area contributed by atoms with Gasteiger partial charge >= 0.3 is 0 Å². The molecule has 2 unspecified atom stereocenters. The molecule has 0 radical (unpaired) electrons. The molecule has 2 rings (SSSR count). The number of rotatable bonds is 4. The summed E-state index contributed by atoms with van der Waals surface area (Å²) in [6.45, 7) is 2.50. The van der Waals surface area contributed by atoms with E-state index in [-0.39, 0.29) is 30.0 Å². The first-order valence-corrected chi connectivity index (χ1v) is 6.09. The zero-order chi connectivity index (χ0) is 13.1. The summed E-state index contributed by atoms with van der Waals surface area (Å²) in [6, 6.07) is 4.86. The van der Waals surface area contributed by atoms with Crippen LogP contribution in [0.4, 0.5) is 4.39 Å². The topological polar surface area (TPSA) is 35.5 Å². The highest BCUT2D eigenvalue weighted by Gasteiger charge is 2.30. The Labute approximate surface area is 106 Å². The van der Waals surface area contributed by atoms with Crippen molar-refractivity contribution in [2.45, 2.75) is 25.9 Å². The van der Waals surface area contributed by atoms with Crippen LogP contribution in [0.3, 0.4) is 0 Å². The van der Waals surface area contributed by atoms with Crippen LogP contribution in [0.15, 0.2) is 18.2 Å². The number of ether oxygens (including phenoxy) is 2. The fraction of sp³-hybridized carbons (Fsp3) is 0.500. The van der Waals surface area contributed by atoms with E-state index in [2.05, 4.69) is 0 Å². The highest BCUT2D eigenvalue weighted by atomic mass is 19.1. The van der Waals surface area contributed by atoms with Gasteiger partial charge in [0.2, 0.25) is 0 Å². The Morgan fingerprint density at radius 3 is 2.94 bits per heavy atom. The van der Waals surface area contributed by atoms with Gasteiger partial charge in [0.05, 0.1) is 13.2 Å². The van der Waals surface area contributed by atoms with Crippen LogP contribution in [0.5, 0.6) is 5.75 Å². The molecule has 0 N–H and O–H groups in total. The van der Waals surface area contributed by atoms with Crippen molar-refractivity contribution in [2.75, 3.05) is 13.7 Å². The number of hydrogen-bond donors (Lipinski definition) is 0. The quantitative estimate of drug-likeness (QED) is 0.825. The largest absolute Gasteiger partial charge is 0.494 e. The summed E-state index contributed by atoms with van der Waals surface area (Å²) in [5, 5.41) is 0. The van der Waals surface area contributed by atoms with Gasteiger partial charge in [0.1, 0.15) is 5.78 Å². The highest BCUT2D eigenvalue weighted by molar-refractivity contribution is 5.84. The maximum absolute atomic E-state index is 13.9. The summed E-state index contributed by atoms with van der Waals surface area (Å²) in [4.78, 5) is 12.1. The Bertz CT molecular complexity index is 445. The van der Waals surface area contributed by atoms with E-state index >= 15 is 0 Å². The minimum absolute atomic E-state index is 0.0344. The number of ketones is 1. The van der Waals surface area contributed by atoms with Crippen LogP contribution < -0.4 is 4.74 Å². The van der Waals surface area contributed by atoms with E-state index in [1.165, 1.54) is 7.11 Å². The second-order valence-corrected chi connectivity index (χ2v) is 4.55. The summed E-state index contributed by atoms with van der Waals surface area (Å²) in [5.74, 6) is -0.348. The molecule has 98 valence electrons. The summed E-state index contributed by atoms with van der Waals surface area (Å²) in [5.41, 5.74) is 0.387. The second kappa shape index (κ2) is 5.48. The SMILES string of the molecule is COc1cccc(CC(=O)C2CCOC2C)c1F. The Morgan fingerprint density at radius 1 is 1.56 bits per heavy atom. The lowest BCUT2D eigenvalue weighted by Gasteiger charge is -2.13. The zero-order valence-electron chi connectivity index (χ0n) is 10.6. The third-order valence-electron chi connectivity index (χ3n) is 3.42. The van der Waals surface area contributed by atoms with Crippen molar-refractivity contribution in [3.05, 3.63) is 29.6 Å². The van der Waals surface area contributed by atoms with E-state index < -0.39 is 5.82 Å². The van der Waals surface area contributed by atoms with Gasteiger partial charge in [0.25, 0.3) is 0 Å².